The Hall–Kier alpha value is -5.51. The summed E-state index contributed by atoms with van der Waals surface area (Å²) in [5, 5.41) is 30.9. The molecular weight excluding hydrogens is 626 g/mol. The van der Waals surface area contributed by atoms with E-state index in [9.17, 15) is 43.8 Å². The Kier molecular flexibility index (Phi) is 15.0. The lowest BCUT2D eigenvalue weighted by Crippen LogP contribution is -2.58. The number of carboxylic acids is 1. The lowest BCUT2D eigenvalue weighted by molar-refractivity contribution is -0.144. The molecule has 0 bridgehead atoms. The van der Waals surface area contributed by atoms with Crippen molar-refractivity contribution in [3.05, 3.63) is 65.7 Å². The number of nitrogens with two attached hydrogens (primary N) is 2. The van der Waals surface area contributed by atoms with Crippen molar-refractivity contribution in [2.24, 2.45) is 17.4 Å². The molecule has 0 saturated heterocycles. The number of nitrogens with one attached hydrogen (secondary N) is 5. The van der Waals surface area contributed by atoms with Crippen molar-refractivity contribution in [2.45, 2.75) is 70.2 Å². The van der Waals surface area contributed by atoms with E-state index < -0.39 is 90.5 Å². The maximum Gasteiger partial charge on any atom is 0.326 e. The van der Waals surface area contributed by atoms with Gasteiger partial charge in [-0.2, -0.15) is 0 Å². The molecule has 48 heavy (non-hydrogen) atoms. The van der Waals surface area contributed by atoms with Crippen LogP contribution in [0.1, 0.15) is 38.3 Å². The number of hydrogen-bond donors (Lipinski definition) is 9. The Morgan fingerprint density at radius 2 is 1.31 bits per heavy atom. The van der Waals surface area contributed by atoms with E-state index in [1.54, 1.807) is 56.3 Å². The maximum atomic E-state index is 13.4. The highest BCUT2D eigenvalue weighted by Gasteiger charge is 2.32. The summed E-state index contributed by atoms with van der Waals surface area (Å²) in [5.41, 5.74) is 12.4. The van der Waals surface area contributed by atoms with Crippen LogP contribution in [0.5, 0.6) is 5.75 Å². The SMILES string of the molecule is CC(C)[C@H](NC(=O)[C@H](Cc1ccccc1)NC(=O)CNC(=O)[C@H](C)NC(=O)[C@@H](N)Cc1ccc(O)cc1)C(=O)N[C@@H](CC(N)=O)C(=O)O. The van der Waals surface area contributed by atoms with E-state index in [-0.39, 0.29) is 18.6 Å². The topological polar surface area (TPSA) is 272 Å². The van der Waals surface area contributed by atoms with Crippen LogP contribution in [-0.2, 0) is 46.4 Å². The molecule has 0 saturated carbocycles. The van der Waals surface area contributed by atoms with Gasteiger partial charge in [-0.15, -0.1) is 0 Å². The molecule has 260 valence electrons. The number of aliphatic carboxylic acids is 1. The second kappa shape index (κ2) is 18.6. The fourth-order valence-corrected chi connectivity index (χ4v) is 4.44. The minimum atomic E-state index is -1.61. The van der Waals surface area contributed by atoms with Gasteiger partial charge in [-0.3, -0.25) is 28.8 Å². The van der Waals surface area contributed by atoms with Crippen LogP contribution in [0.2, 0.25) is 0 Å². The number of phenols is 1. The molecule has 0 aromatic heterocycles. The van der Waals surface area contributed by atoms with Crippen LogP contribution in [-0.4, -0.2) is 88.4 Å². The molecule has 0 unspecified atom stereocenters. The summed E-state index contributed by atoms with van der Waals surface area (Å²) in [6.07, 6.45) is -0.503. The Bertz CT molecular complexity index is 1450. The zero-order valence-electron chi connectivity index (χ0n) is 26.9. The zero-order chi connectivity index (χ0) is 36.0. The molecule has 0 fully saturated rings. The lowest BCUT2D eigenvalue weighted by Gasteiger charge is -2.26. The number of rotatable bonds is 18. The third kappa shape index (κ3) is 13.1. The molecule has 2 aromatic carbocycles. The van der Waals surface area contributed by atoms with Gasteiger partial charge in [-0.05, 0) is 42.5 Å². The molecule has 0 aliphatic rings. The van der Waals surface area contributed by atoms with E-state index in [1.165, 1.54) is 19.1 Å². The minimum Gasteiger partial charge on any atom is -0.508 e. The van der Waals surface area contributed by atoms with Gasteiger partial charge >= 0.3 is 5.97 Å². The first kappa shape index (κ1) is 38.7. The number of hydrogen-bond acceptors (Lipinski definition) is 9. The van der Waals surface area contributed by atoms with E-state index in [2.05, 4.69) is 26.6 Å². The van der Waals surface area contributed by atoms with E-state index in [0.717, 1.165) is 0 Å². The predicted octanol–water partition coefficient (Wildman–Crippen LogP) is -1.80. The largest absolute Gasteiger partial charge is 0.508 e. The summed E-state index contributed by atoms with van der Waals surface area (Å²) in [4.78, 5) is 87.2. The van der Waals surface area contributed by atoms with Crippen molar-refractivity contribution < 1.29 is 43.8 Å². The molecule has 5 atom stereocenters. The van der Waals surface area contributed by atoms with Gasteiger partial charge in [-0.25, -0.2) is 4.79 Å². The highest BCUT2D eigenvalue weighted by molar-refractivity contribution is 5.96. The fourth-order valence-electron chi connectivity index (χ4n) is 4.44. The minimum absolute atomic E-state index is 0.00357. The first-order chi connectivity index (χ1) is 22.6. The van der Waals surface area contributed by atoms with Crippen molar-refractivity contribution in [1.82, 2.24) is 26.6 Å². The average molecular weight is 670 g/mol. The van der Waals surface area contributed by atoms with E-state index in [4.69, 9.17) is 11.5 Å². The number of amides is 6. The van der Waals surface area contributed by atoms with Crippen molar-refractivity contribution in [3.8, 4) is 5.75 Å². The Morgan fingerprint density at radius 3 is 1.88 bits per heavy atom. The van der Waals surface area contributed by atoms with Gasteiger partial charge in [0.05, 0.1) is 19.0 Å². The second-order valence-corrected chi connectivity index (χ2v) is 11.5. The van der Waals surface area contributed by atoms with Crippen LogP contribution in [0.4, 0.5) is 0 Å². The van der Waals surface area contributed by atoms with Gasteiger partial charge in [0.25, 0.3) is 0 Å². The molecular formula is C32H43N7O9. The van der Waals surface area contributed by atoms with Crippen LogP contribution in [0.25, 0.3) is 0 Å². The molecule has 2 rings (SSSR count). The van der Waals surface area contributed by atoms with Gasteiger partial charge in [0.1, 0.15) is 29.9 Å². The van der Waals surface area contributed by atoms with E-state index in [0.29, 0.717) is 11.1 Å². The molecule has 11 N–H and O–H groups in total. The number of carbonyl (C=O) groups is 7. The number of carbonyl (C=O) groups excluding carboxylic acids is 6. The van der Waals surface area contributed by atoms with Crippen molar-refractivity contribution in [3.63, 3.8) is 0 Å². The highest BCUT2D eigenvalue weighted by Crippen LogP contribution is 2.11. The van der Waals surface area contributed by atoms with Crippen LogP contribution in [0.15, 0.2) is 54.6 Å². The summed E-state index contributed by atoms with van der Waals surface area (Å²) in [6.45, 7) is 4.06. The molecule has 0 aliphatic heterocycles. The van der Waals surface area contributed by atoms with Crippen LogP contribution in [0.3, 0.4) is 0 Å². The quantitative estimate of drug-likeness (QED) is 0.0859. The van der Waals surface area contributed by atoms with Gasteiger partial charge in [0.15, 0.2) is 0 Å². The molecule has 2 aromatic rings. The zero-order valence-corrected chi connectivity index (χ0v) is 26.9. The lowest BCUT2D eigenvalue weighted by atomic mass is 10.0. The predicted molar refractivity (Wildman–Crippen MR) is 173 cm³/mol. The monoisotopic (exact) mass is 669 g/mol. The number of benzene rings is 2. The van der Waals surface area contributed by atoms with Gasteiger partial charge in [0.2, 0.25) is 35.4 Å². The summed E-state index contributed by atoms with van der Waals surface area (Å²) in [5.74, 6) is -6.60. The first-order valence-electron chi connectivity index (χ1n) is 15.1. The molecule has 16 heteroatoms. The molecule has 0 heterocycles. The Labute approximate surface area is 277 Å². The molecule has 0 aliphatic carbocycles. The average Bonchev–Trinajstić information content (AvgIpc) is 3.02. The third-order valence-corrected chi connectivity index (χ3v) is 7.11. The van der Waals surface area contributed by atoms with Crippen molar-refractivity contribution >= 4 is 41.4 Å². The van der Waals surface area contributed by atoms with Crippen molar-refractivity contribution in [2.75, 3.05) is 6.54 Å². The van der Waals surface area contributed by atoms with Gasteiger partial charge < -0.3 is 48.3 Å². The van der Waals surface area contributed by atoms with Crippen LogP contribution >= 0.6 is 0 Å². The highest BCUT2D eigenvalue weighted by atomic mass is 16.4. The maximum absolute atomic E-state index is 13.4. The summed E-state index contributed by atoms with van der Waals surface area (Å²) < 4.78 is 0. The third-order valence-electron chi connectivity index (χ3n) is 7.11. The Morgan fingerprint density at radius 1 is 0.708 bits per heavy atom. The second-order valence-electron chi connectivity index (χ2n) is 11.5. The smallest absolute Gasteiger partial charge is 0.326 e. The van der Waals surface area contributed by atoms with Crippen LogP contribution < -0.4 is 38.1 Å². The van der Waals surface area contributed by atoms with E-state index in [1.807, 2.05) is 0 Å². The Balaban J connectivity index is 2.04. The number of carboxylic acid groups (broad SMARTS) is 1. The standard InChI is InChI=1S/C32H43N7O9/c1-17(2)27(31(46)38-24(32(47)48)15-25(34)41)39-30(45)23(14-19-7-5-4-6-8-19)37-26(42)16-35-28(43)18(3)36-29(44)22(33)13-20-9-11-21(40)12-10-20/h4-12,17-18,22-24,27,40H,13-16,33H2,1-3H3,(H2,34,41)(H,35,43)(H,36,44)(H,37,42)(H,38,46)(H,39,45)(H,47,48)/t18-,22-,23-,24-,27-/m0/s1. The molecule has 0 spiro atoms. The molecule has 0 radical (unpaired) electrons. The summed E-state index contributed by atoms with van der Waals surface area (Å²) >= 11 is 0. The molecule has 16 nitrogen and oxygen atoms in total. The summed E-state index contributed by atoms with van der Waals surface area (Å²) in [7, 11) is 0. The van der Waals surface area contributed by atoms with Gasteiger partial charge in [-0.1, -0.05) is 56.3 Å². The first-order valence-corrected chi connectivity index (χ1v) is 15.1. The number of aromatic hydroxyl groups is 1. The normalized spacial score (nSPS) is 13.9. The van der Waals surface area contributed by atoms with Crippen LogP contribution in [0, 0.1) is 5.92 Å². The summed E-state index contributed by atoms with van der Waals surface area (Å²) in [6, 6.07) is 8.68. The van der Waals surface area contributed by atoms with E-state index >= 15 is 0 Å². The number of phenolic OH excluding ortho intramolecular Hbond substituents is 1. The van der Waals surface area contributed by atoms with Gasteiger partial charge in [0, 0.05) is 6.42 Å². The van der Waals surface area contributed by atoms with Crippen molar-refractivity contribution in [1.29, 1.82) is 0 Å². The number of primary amides is 1. The molecule has 6 amide bonds. The fraction of sp³-hybridized carbons (Fsp3) is 0.406.